The molecule has 1 amide bonds. The highest BCUT2D eigenvalue weighted by molar-refractivity contribution is 6.30. The van der Waals surface area contributed by atoms with Gasteiger partial charge >= 0.3 is 0 Å². The van der Waals surface area contributed by atoms with Crippen LogP contribution in [0.25, 0.3) is 5.69 Å². The van der Waals surface area contributed by atoms with Crippen molar-refractivity contribution in [3.63, 3.8) is 0 Å². The lowest BCUT2D eigenvalue weighted by atomic mass is 9.98. The molecule has 0 aliphatic rings. The van der Waals surface area contributed by atoms with E-state index in [1.165, 1.54) is 0 Å². The predicted molar refractivity (Wildman–Crippen MR) is 123 cm³/mol. The van der Waals surface area contributed by atoms with Gasteiger partial charge in [0.15, 0.2) is 5.69 Å². The first-order valence-electron chi connectivity index (χ1n) is 10.2. The minimum Gasteiger partial charge on any atom is -0.340 e. The van der Waals surface area contributed by atoms with Crippen LogP contribution in [0.1, 0.15) is 53.1 Å². The Hall–Kier alpha value is -3.44. The predicted octanol–water partition coefficient (Wildman–Crippen LogP) is 5.56. The van der Waals surface area contributed by atoms with Crippen LogP contribution in [0.4, 0.5) is 0 Å². The number of rotatable bonds is 6. The van der Waals surface area contributed by atoms with Crippen LogP contribution in [-0.2, 0) is 0 Å². The molecular formula is C25H23ClN4O. The summed E-state index contributed by atoms with van der Waals surface area (Å²) in [5, 5.41) is 12.3. The van der Waals surface area contributed by atoms with E-state index in [-0.39, 0.29) is 17.9 Å². The van der Waals surface area contributed by atoms with Crippen LogP contribution in [0.5, 0.6) is 0 Å². The highest BCUT2D eigenvalue weighted by atomic mass is 35.5. The number of hydrogen-bond acceptors (Lipinski definition) is 3. The molecule has 3 aromatic carbocycles. The Kier molecular flexibility index (Phi) is 6.14. The Bertz CT molecular complexity index is 1120. The molecule has 6 heteroatoms. The molecule has 1 heterocycles. The third-order valence-electron chi connectivity index (χ3n) is 5.08. The number of carbonyl (C=O) groups is 1. The van der Waals surface area contributed by atoms with Crippen molar-refractivity contribution in [2.45, 2.75) is 25.8 Å². The topological polar surface area (TPSA) is 59.8 Å². The van der Waals surface area contributed by atoms with Crippen molar-refractivity contribution in [3.05, 3.63) is 112 Å². The summed E-state index contributed by atoms with van der Waals surface area (Å²) in [5.41, 5.74) is 3.88. The normalized spacial score (nSPS) is 11.1. The van der Waals surface area contributed by atoms with E-state index in [1.54, 1.807) is 16.8 Å². The molecule has 0 spiro atoms. The lowest BCUT2D eigenvalue weighted by Gasteiger charge is -2.20. The molecule has 0 radical (unpaired) electrons. The van der Waals surface area contributed by atoms with Gasteiger partial charge in [0.1, 0.15) is 0 Å². The van der Waals surface area contributed by atoms with Crippen LogP contribution >= 0.6 is 11.6 Å². The number of halogens is 1. The monoisotopic (exact) mass is 430 g/mol. The fourth-order valence-electron chi connectivity index (χ4n) is 3.59. The van der Waals surface area contributed by atoms with E-state index in [0.717, 1.165) is 22.5 Å². The van der Waals surface area contributed by atoms with Crippen molar-refractivity contribution in [1.29, 1.82) is 0 Å². The second kappa shape index (κ2) is 9.14. The van der Waals surface area contributed by atoms with Crippen LogP contribution in [0.2, 0.25) is 5.02 Å². The molecule has 156 valence electrons. The van der Waals surface area contributed by atoms with Gasteiger partial charge in [0, 0.05) is 5.02 Å². The maximum absolute atomic E-state index is 13.4. The summed E-state index contributed by atoms with van der Waals surface area (Å²) in [4.78, 5) is 13.4. The van der Waals surface area contributed by atoms with Crippen molar-refractivity contribution >= 4 is 17.5 Å². The summed E-state index contributed by atoms with van der Waals surface area (Å²) in [6.45, 7) is 4.04. The molecule has 0 aliphatic carbocycles. The maximum Gasteiger partial charge on any atom is 0.274 e. The SMILES string of the molecule is CC(C)c1c(C(=O)NC(c2ccccc2)c2ccccc2)nnn1-c1ccc(Cl)cc1. The first-order valence-corrected chi connectivity index (χ1v) is 10.5. The Labute approximate surface area is 186 Å². The molecule has 5 nitrogen and oxygen atoms in total. The Balaban J connectivity index is 1.71. The smallest absolute Gasteiger partial charge is 0.274 e. The maximum atomic E-state index is 13.4. The first-order chi connectivity index (χ1) is 15.0. The second-order valence-electron chi connectivity index (χ2n) is 7.59. The van der Waals surface area contributed by atoms with Gasteiger partial charge in [0.05, 0.1) is 17.4 Å². The molecular weight excluding hydrogens is 408 g/mol. The molecule has 0 unspecified atom stereocenters. The third kappa shape index (κ3) is 4.52. The van der Waals surface area contributed by atoms with E-state index in [9.17, 15) is 4.79 Å². The summed E-state index contributed by atoms with van der Waals surface area (Å²) >= 11 is 6.02. The van der Waals surface area contributed by atoms with Gasteiger partial charge in [-0.05, 0) is 41.3 Å². The van der Waals surface area contributed by atoms with E-state index < -0.39 is 0 Å². The highest BCUT2D eigenvalue weighted by Crippen LogP contribution is 2.25. The minimum absolute atomic E-state index is 0.0401. The molecule has 0 fully saturated rings. The average molecular weight is 431 g/mol. The van der Waals surface area contributed by atoms with Crippen LogP contribution < -0.4 is 5.32 Å². The zero-order chi connectivity index (χ0) is 21.8. The van der Waals surface area contributed by atoms with Crippen LogP contribution in [0.3, 0.4) is 0 Å². The van der Waals surface area contributed by atoms with Crippen molar-refractivity contribution in [1.82, 2.24) is 20.3 Å². The van der Waals surface area contributed by atoms with Crippen molar-refractivity contribution in [3.8, 4) is 5.69 Å². The summed E-state index contributed by atoms with van der Waals surface area (Å²) in [5.74, 6) is -0.222. The summed E-state index contributed by atoms with van der Waals surface area (Å²) in [6, 6.07) is 26.8. The molecule has 0 atom stereocenters. The summed E-state index contributed by atoms with van der Waals surface area (Å²) < 4.78 is 1.70. The molecule has 0 saturated carbocycles. The van der Waals surface area contributed by atoms with Gasteiger partial charge in [-0.1, -0.05) is 91.3 Å². The number of hydrogen-bond donors (Lipinski definition) is 1. The standard InChI is InChI=1S/C25H23ClN4O/c1-17(2)24-23(28-29-30(24)21-15-13-20(26)14-16-21)25(31)27-22(18-9-5-3-6-10-18)19-11-7-4-8-12-19/h3-17,22H,1-2H3,(H,27,31). The molecule has 4 aromatic rings. The number of aromatic nitrogens is 3. The molecule has 1 aromatic heterocycles. The largest absolute Gasteiger partial charge is 0.340 e. The van der Waals surface area contributed by atoms with Crippen molar-refractivity contribution in [2.75, 3.05) is 0 Å². The number of amides is 1. The van der Waals surface area contributed by atoms with Crippen LogP contribution in [0.15, 0.2) is 84.9 Å². The minimum atomic E-state index is -0.296. The Morgan fingerprint density at radius 2 is 1.42 bits per heavy atom. The van der Waals surface area contributed by atoms with Gasteiger partial charge in [0.25, 0.3) is 5.91 Å². The first kappa shape index (κ1) is 20.8. The second-order valence-corrected chi connectivity index (χ2v) is 8.03. The van der Waals surface area contributed by atoms with Gasteiger partial charge in [-0.15, -0.1) is 5.10 Å². The molecule has 4 rings (SSSR count). The summed E-state index contributed by atoms with van der Waals surface area (Å²) in [7, 11) is 0. The fraction of sp³-hybridized carbons (Fsp3) is 0.160. The zero-order valence-electron chi connectivity index (χ0n) is 17.4. The van der Waals surface area contributed by atoms with Crippen LogP contribution in [0, 0.1) is 0 Å². The third-order valence-corrected chi connectivity index (χ3v) is 5.33. The fourth-order valence-corrected chi connectivity index (χ4v) is 3.72. The van der Waals surface area contributed by atoms with Crippen molar-refractivity contribution < 1.29 is 4.79 Å². The van der Waals surface area contributed by atoms with Gasteiger partial charge in [-0.25, -0.2) is 4.68 Å². The number of nitrogens with one attached hydrogen (secondary N) is 1. The van der Waals surface area contributed by atoms with E-state index >= 15 is 0 Å². The van der Waals surface area contributed by atoms with Crippen LogP contribution in [-0.4, -0.2) is 20.9 Å². The van der Waals surface area contributed by atoms with E-state index in [4.69, 9.17) is 11.6 Å². The average Bonchev–Trinajstić information content (AvgIpc) is 3.25. The van der Waals surface area contributed by atoms with Crippen molar-refractivity contribution in [2.24, 2.45) is 0 Å². The lowest BCUT2D eigenvalue weighted by molar-refractivity contribution is 0.0936. The molecule has 31 heavy (non-hydrogen) atoms. The number of benzene rings is 3. The molecule has 0 saturated heterocycles. The molecule has 0 aliphatic heterocycles. The van der Waals surface area contributed by atoms with Gasteiger partial charge < -0.3 is 5.32 Å². The van der Waals surface area contributed by atoms with E-state index in [1.807, 2.05) is 86.6 Å². The van der Waals surface area contributed by atoms with E-state index in [2.05, 4.69) is 15.6 Å². The molecule has 1 N–H and O–H groups in total. The quantitative estimate of drug-likeness (QED) is 0.435. The lowest BCUT2D eigenvalue weighted by Crippen LogP contribution is -2.30. The number of carbonyl (C=O) groups excluding carboxylic acids is 1. The van der Waals surface area contributed by atoms with E-state index in [0.29, 0.717) is 10.7 Å². The summed E-state index contributed by atoms with van der Waals surface area (Å²) in [6.07, 6.45) is 0. The Morgan fingerprint density at radius 1 is 0.871 bits per heavy atom. The van der Waals surface area contributed by atoms with Gasteiger partial charge in [-0.3, -0.25) is 4.79 Å². The van der Waals surface area contributed by atoms with Gasteiger partial charge in [0.2, 0.25) is 0 Å². The molecule has 0 bridgehead atoms. The zero-order valence-corrected chi connectivity index (χ0v) is 18.1. The van der Waals surface area contributed by atoms with Gasteiger partial charge in [-0.2, -0.15) is 0 Å². The highest BCUT2D eigenvalue weighted by Gasteiger charge is 2.26. The Morgan fingerprint density at radius 3 is 1.94 bits per heavy atom. The number of nitrogens with zero attached hydrogens (tertiary/aromatic N) is 3.